The van der Waals surface area contributed by atoms with Crippen LogP contribution in [-0.4, -0.2) is 18.3 Å². The molecular weight excluding hydrogens is 545 g/mol. The van der Waals surface area contributed by atoms with E-state index < -0.39 is 23.7 Å². The summed E-state index contributed by atoms with van der Waals surface area (Å²) in [6.45, 7) is 8.45. The first-order valence-corrected chi connectivity index (χ1v) is 15.6. The first-order chi connectivity index (χ1) is 20.8. The number of nitriles is 1. The van der Waals surface area contributed by atoms with Crippen LogP contribution in [0.5, 0.6) is 0 Å². The molecule has 5 heteroatoms. The predicted octanol–water partition coefficient (Wildman–Crippen LogP) is 8.35. The van der Waals surface area contributed by atoms with Gasteiger partial charge in [0.1, 0.15) is 0 Å². The molecule has 0 saturated carbocycles. The topological polar surface area (TPSA) is 42.2 Å². The number of fused-ring (bicyclic) bond motifs is 9. The summed E-state index contributed by atoms with van der Waals surface area (Å²) in [6, 6.07) is 41.2. The lowest BCUT2D eigenvalue weighted by atomic mass is 9.66. The maximum atomic E-state index is 9.41. The molecule has 0 bridgehead atoms. The molecule has 8 rings (SSSR count). The molecule has 0 aromatic heterocycles. The maximum absolute atomic E-state index is 9.41. The van der Waals surface area contributed by atoms with Crippen molar-refractivity contribution in [1.29, 1.82) is 5.26 Å². The van der Waals surface area contributed by atoms with Crippen molar-refractivity contribution in [2.24, 2.45) is 0 Å². The Morgan fingerprint density at radius 2 is 1.23 bits per heavy atom. The highest BCUT2D eigenvalue weighted by Crippen LogP contribution is 2.63. The van der Waals surface area contributed by atoms with Gasteiger partial charge in [0.15, 0.2) is 0 Å². The molecule has 1 fully saturated rings. The molecule has 1 aliphatic carbocycles. The highest BCUT2D eigenvalue weighted by molar-refractivity contribution is 7.99. The first-order valence-electron chi connectivity index (χ1n) is 14.8. The number of rotatable bonds is 2. The zero-order valence-corrected chi connectivity index (χ0v) is 25.5. The standard InChI is InChI=1S/C38H30BNO2S/c1-36(2)37(3,4)42-39(41-36)32-17-10-15-30-34(32)27-11-5-6-13-28(27)38(30)29-14-7-8-18-33(29)43-35-26(12-9-16-31(35)38)25-21-19-24(23-40)20-22-25/h5-22H,1-4H3. The minimum absolute atomic E-state index is 0.438. The smallest absolute Gasteiger partial charge is 0.399 e. The molecule has 0 amide bonds. The lowest BCUT2D eigenvalue weighted by Gasteiger charge is -2.40. The third-order valence-corrected chi connectivity index (χ3v) is 11.1. The summed E-state index contributed by atoms with van der Waals surface area (Å²) in [5.41, 5.74) is 10.2. The molecule has 1 spiro atoms. The summed E-state index contributed by atoms with van der Waals surface area (Å²) in [5, 5.41) is 9.41. The van der Waals surface area contributed by atoms with Crippen LogP contribution < -0.4 is 5.46 Å². The van der Waals surface area contributed by atoms with Crippen LogP contribution in [0.25, 0.3) is 22.3 Å². The van der Waals surface area contributed by atoms with E-state index in [1.165, 1.54) is 48.7 Å². The Hall–Kier alpha value is -4.08. The minimum atomic E-state index is -0.509. The second kappa shape index (κ2) is 9.21. The van der Waals surface area contributed by atoms with E-state index in [0.29, 0.717) is 5.56 Å². The van der Waals surface area contributed by atoms with Gasteiger partial charge in [0.05, 0.1) is 28.2 Å². The van der Waals surface area contributed by atoms with E-state index >= 15 is 0 Å². The fourth-order valence-electron chi connectivity index (χ4n) is 7.12. The van der Waals surface area contributed by atoms with Crippen LogP contribution in [0.1, 0.15) is 55.5 Å². The Balaban J connectivity index is 1.44. The van der Waals surface area contributed by atoms with Gasteiger partial charge in [-0.25, -0.2) is 0 Å². The molecule has 2 aliphatic heterocycles. The molecule has 3 aliphatic rings. The largest absolute Gasteiger partial charge is 0.495 e. The quantitative estimate of drug-likeness (QED) is 0.194. The van der Waals surface area contributed by atoms with E-state index in [-0.39, 0.29) is 0 Å². The molecule has 208 valence electrons. The lowest BCUT2D eigenvalue weighted by molar-refractivity contribution is 0.00578. The minimum Gasteiger partial charge on any atom is -0.399 e. The Labute approximate surface area is 257 Å². The van der Waals surface area contributed by atoms with Gasteiger partial charge in [-0.1, -0.05) is 103 Å². The van der Waals surface area contributed by atoms with Gasteiger partial charge in [0.25, 0.3) is 0 Å². The van der Waals surface area contributed by atoms with Gasteiger partial charge >= 0.3 is 7.12 Å². The zero-order chi connectivity index (χ0) is 29.6. The van der Waals surface area contributed by atoms with Crippen LogP contribution in [0.2, 0.25) is 0 Å². The maximum Gasteiger partial charge on any atom is 0.495 e. The lowest BCUT2D eigenvalue weighted by Crippen LogP contribution is -2.41. The summed E-state index contributed by atoms with van der Waals surface area (Å²) in [4.78, 5) is 2.49. The third-order valence-electron chi connectivity index (χ3n) is 9.86. The second-order valence-corrected chi connectivity index (χ2v) is 13.7. The van der Waals surface area contributed by atoms with E-state index in [0.717, 1.165) is 11.0 Å². The summed E-state index contributed by atoms with van der Waals surface area (Å²) in [7, 11) is -0.471. The van der Waals surface area contributed by atoms with Crippen LogP contribution in [0, 0.1) is 11.3 Å². The Kier molecular flexibility index (Phi) is 5.69. The van der Waals surface area contributed by atoms with Crippen molar-refractivity contribution in [3.8, 4) is 28.3 Å². The molecule has 3 nitrogen and oxygen atoms in total. The molecule has 0 radical (unpaired) electrons. The molecule has 5 aromatic carbocycles. The van der Waals surface area contributed by atoms with Crippen LogP contribution in [0.4, 0.5) is 0 Å². The number of hydrogen-bond acceptors (Lipinski definition) is 4. The second-order valence-electron chi connectivity index (χ2n) is 12.6. The van der Waals surface area contributed by atoms with E-state index in [4.69, 9.17) is 9.31 Å². The molecular formula is C38H30BNO2S. The highest BCUT2D eigenvalue weighted by Gasteiger charge is 2.55. The van der Waals surface area contributed by atoms with E-state index in [1.807, 2.05) is 23.9 Å². The number of hydrogen-bond donors (Lipinski definition) is 0. The van der Waals surface area contributed by atoms with Crippen molar-refractivity contribution >= 4 is 24.3 Å². The van der Waals surface area contributed by atoms with Gasteiger partial charge in [-0.2, -0.15) is 5.26 Å². The van der Waals surface area contributed by atoms with E-state index in [9.17, 15) is 5.26 Å². The van der Waals surface area contributed by atoms with Crippen LogP contribution in [0.15, 0.2) is 119 Å². The van der Waals surface area contributed by atoms with Gasteiger partial charge in [0, 0.05) is 9.79 Å². The highest BCUT2D eigenvalue weighted by atomic mass is 32.2. The Bertz CT molecular complexity index is 1970. The normalized spacial score (nSPS) is 20.2. The van der Waals surface area contributed by atoms with Crippen molar-refractivity contribution in [1.82, 2.24) is 0 Å². The van der Waals surface area contributed by atoms with Crippen LogP contribution in [-0.2, 0) is 14.7 Å². The molecule has 43 heavy (non-hydrogen) atoms. The number of nitrogens with zero attached hydrogens (tertiary/aromatic N) is 1. The van der Waals surface area contributed by atoms with Gasteiger partial charge in [-0.15, -0.1) is 0 Å². The molecule has 1 atom stereocenters. The van der Waals surface area contributed by atoms with Crippen LogP contribution in [0.3, 0.4) is 0 Å². The van der Waals surface area contributed by atoms with Crippen molar-refractivity contribution in [2.75, 3.05) is 0 Å². The van der Waals surface area contributed by atoms with Crippen molar-refractivity contribution in [2.45, 2.75) is 54.1 Å². The van der Waals surface area contributed by atoms with E-state index in [1.54, 1.807) is 0 Å². The van der Waals surface area contributed by atoms with Gasteiger partial charge in [-0.05, 0) is 95.9 Å². The summed E-state index contributed by atoms with van der Waals surface area (Å²) < 4.78 is 13.3. The molecule has 5 aromatic rings. The Morgan fingerprint density at radius 1 is 0.628 bits per heavy atom. The van der Waals surface area contributed by atoms with Gasteiger partial charge in [0.2, 0.25) is 0 Å². The van der Waals surface area contributed by atoms with Crippen molar-refractivity contribution in [3.05, 3.63) is 137 Å². The monoisotopic (exact) mass is 575 g/mol. The van der Waals surface area contributed by atoms with Crippen LogP contribution >= 0.6 is 11.8 Å². The fraction of sp³-hybridized carbons (Fsp3) is 0.184. The Morgan fingerprint density at radius 3 is 1.98 bits per heavy atom. The van der Waals surface area contributed by atoms with Crippen molar-refractivity contribution < 1.29 is 9.31 Å². The fourth-order valence-corrected chi connectivity index (χ4v) is 8.44. The van der Waals surface area contributed by atoms with Crippen molar-refractivity contribution in [3.63, 3.8) is 0 Å². The zero-order valence-electron chi connectivity index (χ0n) is 24.6. The average molecular weight is 576 g/mol. The molecule has 1 saturated heterocycles. The summed E-state index contributed by atoms with van der Waals surface area (Å²) >= 11 is 1.84. The van der Waals surface area contributed by atoms with E-state index in [2.05, 4.69) is 131 Å². The predicted molar refractivity (Wildman–Crippen MR) is 174 cm³/mol. The summed E-state index contributed by atoms with van der Waals surface area (Å²) in [6.07, 6.45) is 0. The first kappa shape index (κ1) is 26.5. The average Bonchev–Trinajstić information content (AvgIpc) is 3.44. The van der Waals surface area contributed by atoms with Gasteiger partial charge in [-0.3, -0.25) is 0 Å². The number of benzene rings is 5. The third kappa shape index (κ3) is 3.58. The SMILES string of the molecule is CC1(C)OB(c2cccc3c2-c2ccccc2C32c3ccccc3Sc3c(-c4ccc(C#N)cc4)cccc32)OC1(C)C. The summed E-state index contributed by atoms with van der Waals surface area (Å²) in [5.74, 6) is 0. The molecule has 1 unspecified atom stereocenters. The molecule has 0 N–H and O–H groups in total. The molecule has 2 heterocycles. The van der Waals surface area contributed by atoms with Gasteiger partial charge < -0.3 is 9.31 Å².